The fourth-order valence-corrected chi connectivity index (χ4v) is 5.04. The molecule has 2 aromatic heterocycles. The lowest BCUT2D eigenvalue weighted by molar-refractivity contribution is 0.120. The molecule has 0 saturated heterocycles. The van der Waals surface area contributed by atoms with Gasteiger partial charge in [0.15, 0.2) is 17.3 Å². The maximum absolute atomic E-state index is 13.0. The van der Waals surface area contributed by atoms with Crippen LogP contribution in [0.3, 0.4) is 0 Å². The van der Waals surface area contributed by atoms with Crippen molar-refractivity contribution >= 4 is 15.8 Å². The van der Waals surface area contributed by atoms with Gasteiger partial charge in [0.25, 0.3) is 5.89 Å². The summed E-state index contributed by atoms with van der Waals surface area (Å²) in [6.45, 7) is 3.76. The first kappa shape index (κ1) is 22.3. The Kier molecular flexibility index (Phi) is 6.22. The molecule has 1 aliphatic carbocycles. The summed E-state index contributed by atoms with van der Waals surface area (Å²) in [5.41, 5.74) is 8.11. The molecule has 0 bridgehead atoms. The third-order valence-electron chi connectivity index (χ3n) is 5.60. The standard InChI is InChI=1S/C21H26N6O4S/c1-3-18-25-21(31-26-18)19-20(22)23-11-17(24-19)16-10-15(9-4-12(16)2)32(29,30)27-13-5-7-14(28)8-6-13/h4,9-11,13-14,27-28H,3,5-8H2,1-2H3,(H2,22,23). The number of rotatable bonds is 6. The monoisotopic (exact) mass is 458 g/mol. The highest BCUT2D eigenvalue weighted by molar-refractivity contribution is 7.89. The number of hydrogen-bond donors (Lipinski definition) is 3. The minimum Gasteiger partial charge on any atom is -0.393 e. The number of nitrogens with zero attached hydrogens (tertiary/aromatic N) is 4. The summed E-state index contributed by atoms with van der Waals surface area (Å²) < 4.78 is 34.0. The highest BCUT2D eigenvalue weighted by Crippen LogP contribution is 2.29. The first-order valence-corrected chi connectivity index (χ1v) is 12.0. The van der Waals surface area contributed by atoms with Gasteiger partial charge in [-0.05, 0) is 50.3 Å². The molecule has 4 N–H and O–H groups in total. The van der Waals surface area contributed by atoms with Crippen LogP contribution >= 0.6 is 0 Å². The van der Waals surface area contributed by atoms with Crippen LogP contribution in [-0.2, 0) is 16.4 Å². The van der Waals surface area contributed by atoms with Crippen molar-refractivity contribution < 1.29 is 18.0 Å². The molecule has 4 rings (SSSR count). The Balaban J connectivity index is 1.66. The summed E-state index contributed by atoms with van der Waals surface area (Å²) in [6, 6.07) is 4.68. The van der Waals surface area contributed by atoms with Gasteiger partial charge in [-0.15, -0.1) is 0 Å². The van der Waals surface area contributed by atoms with E-state index in [9.17, 15) is 13.5 Å². The van der Waals surface area contributed by atoms with Crippen molar-refractivity contribution in [2.24, 2.45) is 0 Å². The lowest BCUT2D eigenvalue weighted by Gasteiger charge is -2.26. The number of benzene rings is 1. The lowest BCUT2D eigenvalue weighted by atomic mass is 9.94. The van der Waals surface area contributed by atoms with Gasteiger partial charge in [-0.2, -0.15) is 4.98 Å². The zero-order chi connectivity index (χ0) is 22.9. The Morgan fingerprint density at radius 1 is 1.22 bits per heavy atom. The van der Waals surface area contributed by atoms with E-state index in [1.165, 1.54) is 6.20 Å². The molecular weight excluding hydrogens is 432 g/mol. The maximum atomic E-state index is 13.0. The van der Waals surface area contributed by atoms with Crippen molar-refractivity contribution in [3.05, 3.63) is 35.8 Å². The van der Waals surface area contributed by atoms with Gasteiger partial charge in [-0.25, -0.2) is 23.1 Å². The molecule has 11 heteroatoms. The van der Waals surface area contributed by atoms with Crippen LogP contribution in [0.5, 0.6) is 0 Å². The summed E-state index contributed by atoms with van der Waals surface area (Å²) in [5, 5.41) is 13.5. The van der Waals surface area contributed by atoms with Gasteiger partial charge in [-0.1, -0.05) is 18.1 Å². The van der Waals surface area contributed by atoms with Gasteiger partial charge in [0.2, 0.25) is 10.0 Å². The van der Waals surface area contributed by atoms with Crippen LogP contribution < -0.4 is 10.5 Å². The molecule has 3 aromatic rings. The van der Waals surface area contributed by atoms with E-state index in [4.69, 9.17) is 10.3 Å². The first-order chi connectivity index (χ1) is 15.3. The predicted octanol–water partition coefficient (Wildman–Crippen LogP) is 2.23. The summed E-state index contributed by atoms with van der Waals surface area (Å²) in [7, 11) is -3.74. The van der Waals surface area contributed by atoms with Gasteiger partial charge >= 0.3 is 0 Å². The second kappa shape index (κ2) is 8.93. The third-order valence-corrected chi connectivity index (χ3v) is 7.12. The van der Waals surface area contributed by atoms with Crippen molar-refractivity contribution in [3.63, 3.8) is 0 Å². The number of aliphatic hydroxyl groups excluding tert-OH is 1. The van der Waals surface area contributed by atoms with Crippen LogP contribution in [0.2, 0.25) is 0 Å². The maximum Gasteiger partial charge on any atom is 0.280 e. The molecule has 1 aliphatic rings. The fraction of sp³-hybridized carbons (Fsp3) is 0.429. The Morgan fingerprint density at radius 2 is 1.97 bits per heavy atom. The lowest BCUT2D eigenvalue weighted by Crippen LogP contribution is -2.38. The topological polar surface area (TPSA) is 157 Å². The molecule has 0 atom stereocenters. The summed E-state index contributed by atoms with van der Waals surface area (Å²) in [6.07, 6.45) is 4.13. The molecule has 32 heavy (non-hydrogen) atoms. The van der Waals surface area contributed by atoms with E-state index in [0.717, 1.165) is 5.56 Å². The van der Waals surface area contributed by atoms with E-state index in [1.807, 2.05) is 13.8 Å². The van der Waals surface area contributed by atoms with Gasteiger partial charge in [-0.3, -0.25) is 0 Å². The Bertz CT molecular complexity index is 1220. The smallest absolute Gasteiger partial charge is 0.280 e. The zero-order valence-electron chi connectivity index (χ0n) is 17.9. The first-order valence-electron chi connectivity index (χ1n) is 10.5. The predicted molar refractivity (Wildman–Crippen MR) is 118 cm³/mol. The normalized spacial score (nSPS) is 19.2. The van der Waals surface area contributed by atoms with Crippen molar-refractivity contribution in [2.45, 2.75) is 63.0 Å². The molecule has 0 spiro atoms. The van der Waals surface area contributed by atoms with Crippen molar-refractivity contribution in [3.8, 4) is 22.8 Å². The largest absolute Gasteiger partial charge is 0.393 e. The highest BCUT2D eigenvalue weighted by atomic mass is 32.2. The van der Waals surface area contributed by atoms with Crippen molar-refractivity contribution in [1.29, 1.82) is 0 Å². The number of nitrogen functional groups attached to an aromatic ring is 1. The van der Waals surface area contributed by atoms with Gasteiger partial charge in [0.05, 0.1) is 22.9 Å². The molecule has 2 heterocycles. The minimum atomic E-state index is -3.74. The number of nitrogens with two attached hydrogens (primary N) is 1. The summed E-state index contributed by atoms with van der Waals surface area (Å²) in [5.74, 6) is 0.830. The average Bonchev–Trinajstić information content (AvgIpc) is 3.25. The number of aliphatic hydroxyl groups is 1. The number of hydrogen-bond acceptors (Lipinski definition) is 9. The minimum absolute atomic E-state index is 0.135. The molecule has 0 unspecified atom stereocenters. The van der Waals surface area contributed by atoms with Crippen LogP contribution in [0, 0.1) is 6.92 Å². The molecule has 1 saturated carbocycles. The van der Waals surface area contributed by atoms with E-state index in [2.05, 4.69) is 24.8 Å². The van der Waals surface area contributed by atoms with Gasteiger partial charge in [0.1, 0.15) is 0 Å². The number of anilines is 1. The van der Waals surface area contributed by atoms with Crippen LogP contribution in [0.1, 0.15) is 44.0 Å². The van der Waals surface area contributed by atoms with E-state index >= 15 is 0 Å². The highest BCUT2D eigenvalue weighted by Gasteiger charge is 2.25. The molecule has 0 amide bonds. The van der Waals surface area contributed by atoms with Crippen LogP contribution in [0.4, 0.5) is 5.82 Å². The number of nitrogens with one attached hydrogen (secondary N) is 1. The molecule has 0 aliphatic heterocycles. The average molecular weight is 459 g/mol. The van der Waals surface area contributed by atoms with Crippen LogP contribution in [-0.4, -0.2) is 45.8 Å². The second-order valence-electron chi connectivity index (χ2n) is 7.96. The van der Waals surface area contributed by atoms with E-state index in [1.54, 1.807) is 18.2 Å². The Labute approximate surface area is 186 Å². The molecule has 1 aromatic carbocycles. The van der Waals surface area contributed by atoms with Crippen LogP contribution in [0.15, 0.2) is 33.8 Å². The molecule has 10 nitrogen and oxygen atoms in total. The zero-order valence-corrected chi connectivity index (χ0v) is 18.8. The number of aryl methyl sites for hydroxylation is 2. The molecule has 170 valence electrons. The number of sulfonamides is 1. The second-order valence-corrected chi connectivity index (χ2v) is 9.68. The SMILES string of the molecule is CCc1noc(-c2nc(-c3cc(S(=O)(=O)NC4CCC(O)CC4)ccc3C)cnc2N)n1. The van der Waals surface area contributed by atoms with Crippen molar-refractivity contribution in [2.75, 3.05) is 5.73 Å². The van der Waals surface area contributed by atoms with Gasteiger partial charge < -0.3 is 15.4 Å². The van der Waals surface area contributed by atoms with E-state index < -0.39 is 10.0 Å². The number of aromatic nitrogens is 4. The molecule has 1 fully saturated rings. The molecule has 0 radical (unpaired) electrons. The summed E-state index contributed by atoms with van der Waals surface area (Å²) >= 11 is 0. The Hall–Kier alpha value is -2.89. The van der Waals surface area contributed by atoms with Gasteiger partial charge in [0, 0.05) is 18.0 Å². The molecular formula is C21H26N6O4S. The van der Waals surface area contributed by atoms with Crippen molar-refractivity contribution in [1.82, 2.24) is 24.8 Å². The summed E-state index contributed by atoms with van der Waals surface area (Å²) in [4.78, 5) is 13.1. The third kappa shape index (κ3) is 4.64. The Morgan fingerprint density at radius 3 is 2.66 bits per heavy atom. The quantitative estimate of drug-likeness (QED) is 0.504. The fourth-order valence-electron chi connectivity index (χ4n) is 3.70. The van der Waals surface area contributed by atoms with Crippen LogP contribution in [0.25, 0.3) is 22.8 Å². The van der Waals surface area contributed by atoms with E-state index in [-0.39, 0.29) is 34.4 Å². The van der Waals surface area contributed by atoms with E-state index in [0.29, 0.717) is 49.2 Å².